The van der Waals surface area contributed by atoms with E-state index in [4.69, 9.17) is 9.47 Å². The number of carbonyl (C=O) groups excluding carboxylic acids is 1. The number of nitrogens with one attached hydrogen (secondary N) is 1. The monoisotopic (exact) mass is 741 g/mol. The molecule has 48 heavy (non-hydrogen) atoms. The SMILES string of the molecule is CCCCC(F)(F)C(F)(F)C(F)(F)C(F)(F)C(F)(F)C(F)(F)CCNC(=O)[C@H](O)[C@@H](O)[C@H](O[C@@H]1O[C@H](CO)[C@H](O)[C@H](O)[C@H]1O)[C@H](O)CO. The summed E-state index contributed by atoms with van der Waals surface area (Å²) in [5.41, 5.74) is 0. The summed E-state index contributed by atoms with van der Waals surface area (Å²) >= 11 is 0. The van der Waals surface area contributed by atoms with Crippen LogP contribution in [0.25, 0.3) is 0 Å². The average molecular weight is 742 g/mol. The molecule has 9 N–H and O–H groups in total. The molecule has 1 rings (SSSR count). The smallest absolute Gasteiger partial charge is 0.384 e. The number of aliphatic hydroxyl groups is 8. The first-order valence-electron chi connectivity index (χ1n) is 13.8. The van der Waals surface area contributed by atoms with E-state index in [1.54, 1.807) is 0 Å². The first-order chi connectivity index (χ1) is 21.6. The number of amides is 1. The van der Waals surface area contributed by atoms with Gasteiger partial charge in [-0.05, 0) is 6.42 Å². The van der Waals surface area contributed by atoms with Crippen LogP contribution in [0.5, 0.6) is 0 Å². The van der Waals surface area contributed by atoms with E-state index in [-0.39, 0.29) is 6.42 Å². The number of alkyl halides is 12. The number of halogens is 12. The van der Waals surface area contributed by atoms with E-state index < -0.39 is 136 Å². The Labute approximate surface area is 262 Å². The van der Waals surface area contributed by atoms with Gasteiger partial charge in [-0.15, -0.1) is 0 Å². The van der Waals surface area contributed by atoms with Crippen LogP contribution in [0.1, 0.15) is 32.6 Å². The molecule has 24 heteroatoms. The summed E-state index contributed by atoms with van der Waals surface area (Å²) in [6.07, 6.45) is -27.0. The largest absolute Gasteiger partial charge is 0.394 e. The Hall–Kier alpha value is -1.77. The molecule has 9 atom stereocenters. The van der Waals surface area contributed by atoms with Gasteiger partial charge in [0.15, 0.2) is 12.4 Å². The number of aliphatic hydroxyl groups excluding tert-OH is 8. The van der Waals surface area contributed by atoms with E-state index in [0.29, 0.717) is 0 Å². The van der Waals surface area contributed by atoms with Crippen LogP contribution >= 0.6 is 0 Å². The second kappa shape index (κ2) is 16.1. The van der Waals surface area contributed by atoms with Crippen LogP contribution in [0, 0.1) is 0 Å². The zero-order valence-electron chi connectivity index (χ0n) is 24.5. The molecular formula is C24H35F12NO11. The van der Waals surface area contributed by atoms with Crippen molar-refractivity contribution in [2.75, 3.05) is 19.8 Å². The van der Waals surface area contributed by atoms with Crippen molar-refractivity contribution in [2.24, 2.45) is 0 Å². The second-order valence-corrected chi connectivity index (χ2v) is 10.8. The fourth-order valence-electron chi connectivity index (χ4n) is 4.19. The first-order valence-corrected chi connectivity index (χ1v) is 13.8. The fourth-order valence-corrected chi connectivity index (χ4v) is 4.19. The van der Waals surface area contributed by atoms with Gasteiger partial charge in [0, 0.05) is 19.4 Å². The number of ether oxygens (including phenoxy) is 2. The number of unbranched alkanes of at least 4 members (excludes halogenated alkanes) is 1. The van der Waals surface area contributed by atoms with Gasteiger partial charge in [0.05, 0.1) is 13.2 Å². The minimum Gasteiger partial charge on any atom is -0.394 e. The molecule has 0 spiro atoms. The van der Waals surface area contributed by atoms with E-state index in [2.05, 4.69) is 0 Å². The van der Waals surface area contributed by atoms with Crippen molar-refractivity contribution in [2.45, 2.75) is 123 Å². The number of hydrogen-bond acceptors (Lipinski definition) is 11. The van der Waals surface area contributed by atoms with E-state index >= 15 is 0 Å². The highest BCUT2D eigenvalue weighted by Crippen LogP contribution is 2.61. The van der Waals surface area contributed by atoms with Gasteiger partial charge in [0.2, 0.25) is 0 Å². The van der Waals surface area contributed by atoms with Crippen molar-refractivity contribution in [1.29, 1.82) is 0 Å². The van der Waals surface area contributed by atoms with Gasteiger partial charge in [-0.25, -0.2) is 0 Å². The Balaban J connectivity index is 3.10. The van der Waals surface area contributed by atoms with Crippen LogP contribution < -0.4 is 5.32 Å². The van der Waals surface area contributed by atoms with Crippen molar-refractivity contribution >= 4 is 5.91 Å². The minimum absolute atomic E-state index is 0.368. The lowest BCUT2D eigenvalue weighted by Gasteiger charge is -2.42. The minimum atomic E-state index is -7.84. The molecule has 1 fully saturated rings. The standard InChI is InChI=1S/C24H35F12NO11/c1-2-3-4-19(25,26)21(29,30)23(33,34)24(35,36)22(31,32)20(27,28)5-6-37-17(46)14(44)13(43)16(9(40)7-38)48-18-15(45)12(42)11(41)10(8-39)47-18/h9-16,18,38-45H,2-8H2,1H3,(H,37,46)/t9-,10-,11+,12+,13-,14-,15-,16-,18+/m1/s1. The van der Waals surface area contributed by atoms with Gasteiger partial charge in [-0.2, -0.15) is 52.7 Å². The number of hydrogen-bond donors (Lipinski definition) is 9. The van der Waals surface area contributed by atoms with Gasteiger partial charge >= 0.3 is 35.5 Å². The van der Waals surface area contributed by atoms with E-state index in [1.807, 2.05) is 0 Å². The molecule has 12 nitrogen and oxygen atoms in total. The van der Waals surface area contributed by atoms with E-state index in [9.17, 15) is 98.3 Å². The van der Waals surface area contributed by atoms with Crippen molar-refractivity contribution in [3.63, 3.8) is 0 Å². The lowest BCUT2D eigenvalue weighted by Crippen LogP contribution is -2.70. The van der Waals surface area contributed by atoms with Crippen LogP contribution in [0.2, 0.25) is 0 Å². The predicted molar refractivity (Wildman–Crippen MR) is 131 cm³/mol. The first kappa shape index (κ1) is 44.3. The topological polar surface area (TPSA) is 209 Å². The molecule has 1 aliphatic rings. The van der Waals surface area contributed by atoms with Crippen LogP contribution in [0.3, 0.4) is 0 Å². The van der Waals surface area contributed by atoms with E-state index in [0.717, 1.165) is 12.2 Å². The third kappa shape index (κ3) is 8.39. The zero-order chi connectivity index (χ0) is 37.8. The third-order valence-electron chi connectivity index (χ3n) is 7.32. The number of rotatable bonds is 19. The van der Waals surface area contributed by atoms with Crippen LogP contribution in [-0.4, -0.2) is 157 Å². The van der Waals surface area contributed by atoms with Crippen LogP contribution in [0.4, 0.5) is 52.7 Å². The maximum atomic E-state index is 14.2. The highest BCUT2D eigenvalue weighted by Gasteiger charge is 2.89. The van der Waals surface area contributed by atoms with Gasteiger partial charge in [0.1, 0.15) is 42.7 Å². The fraction of sp³-hybridized carbons (Fsp3) is 0.958. The van der Waals surface area contributed by atoms with Gasteiger partial charge < -0.3 is 55.6 Å². The molecule has 1 saturated heterocycles. The zero-order valence-corrected chi connectivity index (χ0v) is 24.5. The Bertz CT molecular complexity index is 1040. The van der Waals surface area contributed by atoms with Crippen molar-refractivity contribution < 1.29 is 108 Å². The Kier molecular flexibility index (Phi) is 14.8. The summed E-state index contributed by atoms with van der Waals surface area (Å²) in [6.45, 7) is -3.27. The molecule has 0 aromatic rings. The molecule has 286 valence electrons. The number of carbonyl (C=O) groups is 1. The van der Waals surface area contributed by atoms with Gasteiger partial charge in [0.25, 0.3) is 5.91 Å². The van der Waals surface area contributed by atoms with Crippen molar-refractivity contribution in [3.05, 3.63) is 0 Å². The quantitative estimate of drug-likeness (QED) is 0.0790. The van der Waals surface area contributed by atoms with Crippen molar-refractivity contribution in [1.82, 2.24) is 5.32 Å². The normalized spacial score (nSPS) is 26.1. The summed E-state index contributed by atoms with van der Waals surface area (Å²) < 4.78 is 178. The molecule has 0 saturated carbocycles. The lowest BCUT2D eigenvalue weighted by atomic mass is 9.89. The molecule has 0 aromatic heterocycles. The molecule has 0 aliphatic carbocycles. The van der Waals surface area contributed by atoms with Crippen LogP contribution in [0.15, 0.2) is 0 Å². The highest BCUT2D eigenvalue weighted by molar-refractivity contribution is 5.81. The summed E-state index contributed by atoms with van der Waals surface area (Å²) in [5.74, 6) is -44.9. The Morgan fingerprint density at radius 2 is 1.25 bits per heavy atom. The Morgan fingerprint density at radius 3 is 1.69 bits per heavy atom. The molecule has 0 bridgehead atoms. The maximum Gasteiger partial charge on any atom is 0.384 e. The predicted octanol–water partition coefficient (Wildman–Crippen LogP) is -0.245. The van der Waals surface area contributed by atoms with Crippen molar-refractivity contribution in [3.8, 4) is 0 Å². The highest BCUT2D eigenvalue weighted by atomic mass is 19.4. The van der Waals surface area contributed by atoms with Gasteiger partial charge in [-0.3, -0.25) is 4.79 Å². The summed E-state index contributed by atoms with van der Waals surface area (Å²) in [5, 5.41) is 79.5. The summed E-state index contributed by atoms with van der Waals surface area (Å²) in [7, 11) is 0. The summed E-state index contributed by atoms with van der Waals surface area (Å²) in [6, 6.07) is 0. The lowest BCUT2D eigenvalue weighted by molar-refractivity contribution is -0.425. The molecule has 1 amide bonds. The average Bonchev–Trinajstić information content (AvgIpc) is 3.00. The Morgan fingerprint density at radius 1 is 0.771 bits per heavy atom. The third-order valence-corrected chi connectivity index (χ3v) is 7.32. The molecule has 0 radical (unpaired) electrons. The van der Waals surface area contributed by atoms with Gasteiger partial charge in [-0.1, -0.05) is 13.3 Å². The molecule has 0 unspecified atom stereocenters. The van der Waals surface area contributed by atoms with E-state index in [1.165, 1.54) is 0 Å². The second-order valence-electron chi connectivity index (χ2n) is 10.8. The maximum absolute atomic E-state index is 14.2. The molecule has 1 aliphatic heterocycles. The molecule has 0 aromatic carbocycles. The van der Waals surface area contributed by atoms with Crippen LogP contribution in [-0.2, 0) is 14.3 Å². The molecular weight excluding hydrogens is 706 g/mol. The molecule has 1 heterocycles. The summed E-state index contributed by atoms with van der Waals surface area (Å²) in [4.78, 5) is 12.2.